The molecule has 0 saturated carbocycles. The summed E-state index contributed by atoms with van der Waals surface area (Å²) in [7, 11) is 0. The molecular weight excluding hydrogens is 518 g/mol. The van der Waals surface area contributed by atoms with Crippen LogP contribution in [0.15, 0.2) is 6.07 Å². The SMILES string of the molecule is CCCCOCCOC(=O)OCC(I)=C(Br)I. The van der Waals surface area contributed by atoms with E-state index in [0.717, 1.165) is 18.9 Å². The topological polar surface area (TPSA) is 44.8 Å². The van der Waals surface area contributed by atoms with E-state index in [9.17, 15) is 4.79 Å². The van der Waals surface area contributed by atoms with Crippen molar-refractivity contribution < 1.29 is 19.0 Å². The van der Waals surface area contributed by atoms with Crippen molar-refractivity contribution in [1.82, 2.24) is 0 Å². The molecule has 0 aromatic carbocycles. The van der Waals surface area contributed by atoms with Gasteiger partial charge in [-0.15, -0.1) is 0 Å². The first-order valence-electron chi connectivity index (χ1n) is 5.14. The summed E-state index contributed by atoms with van der Waals surface area (Å²) in [5.41, 5.74) is 0. The largest absolute Gasteiger partial charge is 0.508 e. The molecule has 0 aromatic heterocycles. The molecule has 0 bridgehead atoms. The Morgan fingerprint density at radius 3 is 2.47 bits per heavy atom. The highest BCUT2D eigenvalue weighted by Crippen LogP contribution is 2.24. The van der Waals surface area contributed by atoms with Crippen molar-refractivity contribution in [2.75, 3.05) is 26.4 Å². The van der Waals surface area contributed by atoms with E-state index < -0.39 is 6.16 Å². The Labute approximate surface area is 137 Å². The number of carbonyl (C=O) groups excluding carboxylic acids is 1. The minimum atomic E-state index is -0.664. The second kappa shape index (κ2) is 12.0. The molecule has 0 spiro atoms. The van der Waals surface area contributed by atoms with Crippen molar-refractivity contribution in [2.45, 2.75) is 19.8 Å². The second-order valence-corrected chi connectivity index (χ2v) is 7.67. The monoisotopic (exact) mass is 532 g/mol. The molecule has 17 heavy (non-hydrogen) atoms. The first-order valence-corrected chi connectivity index (χ1v) is 8.10. The molecule has 0 aliphatic heterocycles. The average molecular weight is 533 g/mol. The van der Waals surface area contributed by atoms with E-state index in [4.69, 9.17) is 14.2 Å². The maximum atomic E-state index is 11.1. The Morgan fingerprint density at radius 2 is 1.88 bits per heavy atom. The van der Waals surface area contributed by atoms with Crippen LogP contribution in [0.1, 0.15) is 19.8 Å². The van der Waals surface area contributed by atoms with Gasteiger partial charge in [-0.2, -0.15) is 0 Å². The smallest absolute Gasteiger partial charge is 0.432 e. The lowest BCUT2D eigenvalue weighted by molar-refractivity contribution is 0.0313. The normalized spacial score (nSPS) is 12.0. The first-order chi connectivity index (χ1) is 8.07. The Balaban J connectivity index is 3.45. The fraction of sp³-hybridized carbons (Fsp3) is 0.700. The standard InChI is InChI=1S/C10H15BrI2O4/c1-2-3-4-15-5-6-16-10(14)17-7-8(12)9(11)13/h2-7H2,1H3. The molecule has 0 rings (SSSR count). The quantitative estimate of drug-likeness (QED) is 0.264. The highest BCUT2D eigenvalue weighted by atomic mass is 127. The van der Waals surface area contributed by atoms with Crippen molar-refractivity contribution in [3.05, 3.63) is 6.07 Å². The van der Waals surface area contributed by atoms with Gasteiger partial charge in [-0.05, 0) is 67.5 Å². The third-order valence-corrected chi connectivity index (χ3v) is 5.37. The van der Waals surface area contributed by atoms with Crippen LogP contribution in [-0.2, 0) is 14.2 Å². The average Bonchev–Trinajstić information content (AvgIpc) is 2.30. The number of hydrogen-bond acceptors (Lipinski definition) is 4. The van der Waals surface area contributed by atoms with Gasteiger partial charge in [0.25, 0.3) is 0 Å². The van der Waals surface area contributed by atoms with Crippen molar-refractivity contribution in [3.8, 4) is 0 Å². The molecule has 7 heteroatoms. The van der Waals surface area contributed by atoms with Gasteiger partial charge in [0.1, 0.15) is 13.2 Å². The highest BCUT2D eigenvalue weighted by molar-refractivity contribution is 14.1. The van der Waals surface area contributed by atoms with Gasteiger partial charge in [-0.3, -0.25) is 0 Å². The predicted molar refractivity (Wildman–Crippen MR) is 87.0 cm³/mol. The number of carbonyl (C=O) groups is 1. The Bertz CT molecular complexity index is 255. The molecule has 0 aliphatic carbocycles. The third kappa shape index (κ3) is 11.7. The number of halogens is 3. The number of ether oxygens (including phenoxy) is 3. The molecule has 0 saturated heterocycles. The van der Waals surface area contributed by atoms with Crippen LogP contribution in [0.2, 0.25) is 0 Å². The van der Waals surface area contributed by atoms with Gasteiger partial charge < -0.3 is 14.2 Å². The number of hydrogen-bond donors (Lipinski definition) is 0. The van der Waals surface area contributed by atoms with Crippen LogP contribution in [0, 0.1) is 0 Å². The van der Waals surface area contributed by atoms with Crippen LogP contribution >= 0.6 is 61.1 Å². The van der Waals surface area contributed by atoms with E-state index in [2.05, 4.69) is 68.0 Å². The lowest BCUT2D eigenvalue weighted by Crippen LogP contribution is -2.13. The Morgan fingerprint density at radius 1 is 1.18 bits per heavy atom. The highest BCUT2D eigenvalue weighted by Gasteiger charge is 2.05. The van der Waals surface area contributed by atoms with Gasteiger partial charge in [0.15, 0.2) is 0 Å². The van der Waals surface area contributed by atoms with E-state index >= 15 is 0 Å². The fourth-order valence-electron chi connectivity index (χ4n) is 0.751. The predicted octanol–water partition coefficient (Wildman–Crippen LogP) is 4.39. The molecule has 0 amide bonds. The molecule has 0 atom stereocenters. The summed E-state index contributed by atoms with van der Waals surface area (Å²) in [5, 5.41) is 0. The first kappa shape index (κ1) is 17.9. The summed E-state index contributed by atoms with van der Waals surface area (Å²) in [6.45, 7) is 3.67. The van der Waals surface area contributed by atoms with E-state index in [1.165, 1.54) is 0 Å². The minimum absolute atomic E-state index is 0.222. The third-order valence-electron chi connectivity index (χ3n) is 1.61. The second-order valence-electron chi connectivity index (χ2n) is 3.02. The van der Waals surface area contributed by atoms with Crippen molar-refractivity contribution >= 4 is 67.3 Å². The summed E-state index contributed by atoms with van der Waals surface area (Å²) in [6, 6.07) is 0. The van der Waals surface area contributed by atoms with E-state index in [0.29, 0.717) is 13.2 Å². The maximum Gasteiger partial charge on any atom is 0.508 e. The van der Waals surface area contributed by atoms with E-state index in [1.54, 1.807) is 0 Å². The van der Waals surface area contributed by atoms with Crippen LogP contribution in [0.4, 0.5) is 4.79 Å². The summed E-state index contributed by atoms with van der Waals surface area (Å²) < 4.78 is 16.8. The van der Waals surface area contributed by atoms with Crippen molar-refractivity contribution in [1.29, 1.82) is 0 Å². The number of unbranched alkanes of at least 4 members (excludes halogenated alkanes) is 1. The molecule has 100 valence electrons. The zero-order valence-electron chi connectivity index (χ0n) is 9.51. The summed E-state index contributed by atoms with van der Waals surface area (Å²) in [4.78, 5) is 11.1. The zero-order chi connectivity index (χ0) is 13.1. The lowest BCUT2D eigenvalue weighted by Gasteiger charge is -2.06. The van der Waals surface area contributed by atoms with E-state index in [-0.39, 0.29) is 13.2 Å². The Kier molecular flexibility index (Phi) is 12.6. The van der Waals surface area contributed by atoms with Crippen LogP contribution in [0.3, 0.4) is 0 Å². The van der Waals surface area contributed by atoms with Gasteiger partial charge in [0, 0.05) is 10.2 Å². The summed E-state index contributed by atoms with van der Waals surface area (Å²) >= 11 is 7.48. The van der Waals surface area contributed by atoms with Crippen molar-refractivity contribution in [3.63, 3.8) is 0 Å². The molecule has 0 N–H and O–H groups in total. The van der Waals surface area contributed by atoms with Gasteiger partial charge in [-0.1, -0.05) is 13.3 Å². The van der Waals surface area contributed by atoms with Gasteiger partial charge in [0.2, 0.25) is 0 Å². The molecule has 0 unspecified atom stereocenters. The summed E-state index contributed by atoms with van der Waals surface area (Å²) in [6.07, 6.45) is 1.46. The molecule has 0 radical (unpaired) electrons. The van der Waals surface area contributed by atoms with Crippen LogP contribution in [0.25, 0.3) is 0 Å². The Hall–Kier alpha value is 0.910. The molecule has 0 aliphatic rings. The molecule has 0 fully saturated rings. The van der Waals surface area contributed by atoms with Gasteiger partial charge >= 0.3 is 6.16 Å². The zero-order valence-corrected chi connectivity index (χ0v) is 15.4. The molecule has 0 aromatic rings. The van der Waals surface area contributed by atoms with Crippen LogP contribution in [0.5, 0.6) is 0 Å². The van der Waals surface area contributed by atoms with Gasteiger partial charge in [-0.25, -0.2) is 4.79 Å². The molecular formula is C10H15BrI2O4. The molecule has 0 heterocycles. The fourth-order valence-corrected chi connectivity index (χ4v) is 1.18. The van der Waals surface area contributed by atoms with Gasteiger partial charge in [0.05, 0.1) is 9.10 Å². The lowest BCUT2D eigenvalue weighted by atomic mass is 10.4. The number of rotatable bonds is 8. The van der Waals surface area contributed by atoms with Crippen LogP contribution in [-0.4, -0.2) is 32.6 Å². The minimum Gasteiger partial charge on any atom is -0.432 e. The maximum absolute atomic E-state index is 11.1. The van der Waals surface area contributed by atoms with E-state index in [1.807, 2.05) is 0 Å². The van der Waals surface area contributed by atoms with Crippen molar-refractivity contribution in [2.24, 2.45) is 0 Å². The van der Waals surface area contributed by atoms with Crippen LogP contribution < -0.4 is 0 Å². The molecule has 4 nitrogen and oxygen atoms in total. The summed E-state index contributed by atoms with van der Waals surface area (Å²) in [5.74, 6) is 0.